The van der Waals surface area contributed by atoms with E-state index in [2.05, 4.69) is 50.9 Å². The number of imide groups is 1. The zero-order valence-corrected chi connectivity index (χ0v) is 39.2. The van der Waals surface area contributed by atoms with Crippen LogP contribution in [0.3, 0.4) is 0 Å². The molecule has 346 valence electrons. The summed E-state index contributed by atoms with van der Waals surface area (Å²) in [5, 5.41) is 3.41. The summed E-state index contributed by atoms with van der Waals surface area (Å²) in [7, 11) is 0. The summed E-state index contributed by atoms with van der Waals surface area (Å²) in [6.45, 7) is 9.12. The maximum Gasteiger partial charge on any atom is 0.282 e. The van der Waals surface area contributed by atoms with Crippen LogP contribution in [0.2, 0.25) is 5.02 Å². The van der Waals surface area contributed by atoms with Crippen LogP contribution in [0, 0.1) is 5.41 Å². The molecule has 11 nitrogen and oxygen atoms in total. The summed E-state index contributed by atoms with van der Waals surface area (Å²) < 4.78 is 8.73. The standard InChI is InChI=1S/C54H63ClN6O5/c1-52(23-28-58-29-24-53(25-30-58)33-66-47-38-32-60(44-14-15-45(62)56-48(44)63)50(65)37(38)11-12-39(47)53)19-6-7-36(16-22-52)59-26-17-34(18-27-59)35-10-13-42-40(31-35)54(20-3-2-4-21-54)51-57-49(64)46-41(55)8-5-9-43(46)61(42)51/h5,8-13,31,34,36,44H,2-4,6-7,14-30,32-33H2,1H3,(H,56,62,63)/t36?,44-,52?/m0/s1. The van der Waals surface area contributed by atoms with Gasteiger partial charge in [-0.1, -0.05) is 68.5 Å². The number of rotatable bonds is 6. The van der Waals surface area contributed by atoms with E-state index in [0.29, 0.717) is 52.9 Å². The molecule has 3 saturated heterocycles. The molecule has 12 heteroatoms. The van der Waals surface area contributed by atoms with Gasteiger partial charge in [-0.25, -0.2) is 0 Å². The smallest absolute Gasteiger partial charge is 0.282 e. The van der Waals surface area contributed by atoms with Crippen molar-refractivity contribution >= 4 is 40.2 Å². The minimum atomic E-state index is -0.620. The Hall–Kier alpha value is -4.58. The number of aromatic nitrogens is 2. The van der Waals surface area contributed by atoms with E-state index in [9.17, 15) is 19.2 Å². The number of carbonyl (C=O) groups is 3. The Morgan fingerprint density at radius 3 is 2.45 bits per heavy atom. The van der Waals surface area contributed by atoms with E-state index in [1.807, 2.05) is 18.2 Å². The maximum atomic E-state index is 13.5. The molecule has 2 saturated carbocycles. The van der Waals surface area contributed by atoms with Gasteiger partial charge in [0.15, 0.2) is 0 Å². The highest BCUT2D eigenvalue weighted by molar-refractivity contribution is 6.35. The summed E-state index contributed by atoms with van der Waals surface area (Å²) in [5.41, 5.74) is 7.55. The Morgan fingerprint density at radius 1 is 0.833 bits per heavy atom. The monoisotopic (exact) mass is 910 g/mol. The van der Waals surface area contributed by atoms with Crippen molar-refractivity contribution in [2.45, 2.75) is 151 Å². The fraction of sp³-hybridized carbons (Fsp3) is 0.574. The fourth-order valence-electron chi connectivity index (χ4n) is 14.2. The van der Waals surface area contributed by atoms with Crippen LogP contribution in [0.5, 0.6) is 5.75 Å². The molecule has 1 aromatic heterocycles. The topological polar surface area (TPSA) is 117 Å². The van der Waals surface area contributed by atoms with Crippen LogP contribution >= 0.6 is 11.6 Å². The van der Waals surface area contributed by atoms with E-state index < -0.39 is 6.04 Å². The first-order valence-electron chi connectivity index (χ1n) is 25.3. The van der Waals surface area contributed by atoms with Gasteiger partial charge in [0.1, 0.15) is 17.6 Å². The molecule has 6 aliphatic heterocycles. The van der Waals surface area contributed by atoms with Gasteiger partial charge < -0.3 is 19.4 Å². The maximum absolute atomic E-state index is 13.5. The van der Waals surface area contributed by atoms with Crippen molar-refractivity contribution in [2.75, 3.05) is 39.3 Å². The third kappa shape index (κ3) is 6.90. The minimum Gasteiger partial charge on any atom is -0.492 e. The number of nitrogens with one attached hydrogen (secondary N) is 1. The number of nitrogens with zero attached hydrogens (tertiary/aromatic N) is 5. The first-order chi connectivity index (χ1) is 32.0. The van der Waals surface area contributed by atoms with Crippen LogP contribution in [-0.2, 0) is 27.0 Å². The Morgan fingerprint density at radius 2 is 1.65 bits per heavy atom. The number of benzene rings is 3. The summed E-state index contributed by atoms with van der Waals surface area (Å²) >= 11 is 6.61. The van der Waals surface area contributed by atoms with Crippen LogP contribution in [-0.4, -0.2) is 93.4 Å². The van der Waals surface area contributed by atoms with Gasteiger partial charge in [-0.05, 0) is 156 Å². The molecular weight excluding hydrogens is 848 g/mol. The lowest BCUT2D eigenvalue weighted by atomic mass is 9.69. The van der Waals surface area contributed by atoms with Crippen molar-refractivity contribution in [2.24, 2.45) is 5.41 Å². The van der Waals surface area contributed by atoms with Gasteiger partial charge in [-0.2, -0.15) is 4.98 Å². The summed E-state index contributed by atoms with van der Waals surface area (Å²) in [6, 6.07) is 17.1. The van der Waals surface area contributed by atoms with Gasteiger partial charge >= 0.3 is 0 Å². The molecule has 1 N–H and O–H groups in total. The van der Waals surface area contributed by atoms with Crippen molar-refractivity contribution in [3.63, 3.8) is 0 Å². The molecule has 12 rings (SSSR count). The molecule has 0 radical (unpaired) electrons. The second-order valence-electron chi connectivity index (χ2n) is 21.9. The van der Waals surface area contributed by atoms with Gasteiger partial charge in [0.05, 0.1) is 40.2 Å². The zero-order chi connectivity index (χ0) is 45.0. The second-order valence-corrected chi connectivity index (χ2v) is 22.3. The number of halogens is 1. The Balaban J connectivity index is 0.655. The van der Waals surface area contributed by atoms with E-state index >= 15 is 0 Å². The lowest BCUT2D eigenvalue weighted by molar-refractivity contribution is -0.136. The Bertz CT molecular complexity index is 2710. The normalized spacial score (nSPS) is 27.4. The summed E-state index contributed by atoms with van der Waals surface area (Å²) in [5.74, 6) is 1.52. The second kappa shape index (κ2) is 16.3. The van der Waals surface area contributed by atoms with Gasteiger partial charge in [-0.15, -0.1) is 0 Å². The van der Waals surface area contributed by atoms with Crippen LogP contribution in [0.25, 0.3) is 16.6 Å². The van der Waals surface area contributed by atoms with Crippen LogP contribution in [0.1, 0.15) is 160 Å². The number of hydrogen-bond donors (Lipinski definition) is 1. The summed E-state index contributed by atoms with van der Waals surface area (Å²) in [4.78, 5) is 63.4. The van der Waals surface area contributed by atoms with Crippen molar-refractivity contribution in [1.82, 2.24) is 29.6 Å². The lowest BCUT2D eigenvalue weighted by Gasteiger charge is -2.40. The van der Waals surface area contributed by atoms with E-state index in [4.69, 9.17) is 21.3 Å². The van der Waals surface area contributed by atoms with Crippen molar-refractivity contribution in [3.8, 4) is 11.4 Å². The molecule has 3 atom stereocenters. The third-order valence-electron chi connectivity index (χ3n) is 18.3. The molecule has 2 aliphatic carbocycles. The van der Waals surface area contributed by atoms with Gasteiger partial charge in [0.2, 0.25) is 11.8 Å². The number of ether oxygens (including phenoxy) is 1. The molecule has 3 aromatic carbocycles. The van der Waals surface area contributed by atoms with Gasteiger partial charge in [0, 0.05) is 34.6 Å². The highest BCUT2D eigenvalue weighted by atomic mass is 35.5. The highest BCUT2D eigenvalue weighted by Gasteiger charge is 2.49. The van der Waals surface area contributed by atoms with E-state index in [1.165, 1.54) is 80.2 Å². The molecule has 4 aromatic rings. The van der Waals surface area contributed by atoms with E-state index in [-0.39, 0.29) is 40.5 Å². The van der Waals surface area contributed by atoms with Gasteiger partial charge in [-0.3, -0.25) is 29.1 Å². The predicted molar refractivity (Wildman–Crippen MR) is 255 cm³/mol. The quantitative estimate of drug-likeness (QED) is 0.151. The Kier molecular flexibility index (Phi) is 10.6. The molecule has 2 spiro atoms. The van der Waals surface area contributed by atoms with Crippen LogP contribution in [0.15, 0.2) is 53.3 Å². The number of likely N-dealkylation sites (tertiary alicyclic amines) is 2. The van der Waals surface area contributed by atoms with Crippen molar-refractivity contribution in [1.29, 1.82) is 0 Å². The molecule has 8 aliphatic rings. The summed E-state index contributed by atoms with van der Waals surface area (Å²) in [6.07, 6.45) is 18.4. The first kappa shape index (κ1) is 42.8. The average molecular weight is 912 g/mol. The van der Waals surface area contributed by atoms with Crippen LogP contribution < -0.4 is 15.6 Å². The predicted octanol–water partition coefficient (Wildman–Crippen LogP) is 8.70. The molecule has 7 heterocycles. The van der Waals surface area contributed by atoms with E-state index in [1.54, 1.807) is 11.0 Å². The molecule has 0 bridgehead atoms. The van der Waals surface area contributed by atoms with E-state index in [0.717, 1.165) is 93.9 Å². The first-order valence-corrected chi connectivity index (χ1v) is 25.7. The molecular formula is C54H63ClN6O5. The molecule has 5 fully saturated rings. The average Bonchev–Trinajstić information content (AvgIpc) is 3.88. The van der Waals surface area contributed by atoms with Crippen molar-refractivity contribution < 1.29 is 19.1 Å². The fourth-order valence-corrected chi connectivity index (χ4v) is 14.5. The Labute approximate surface area is 392 Å². The minimum absolute atomic E-state index is 0.0350. The number of piperidine rings is 3. The number of carbonyl (C=O) groups excluding carboxylic acids is 3. The van der Waals surface area contributed by atoms with Gasteiger partial charge in [0.25, 0.3) is 11.5 Å². The van der Waals surface area contributed by atoms with Crippen LogP contribution in [0.4, 0.5) is 0 Å². The third-order valence-corrected chi connectivity index (χ3v) is 18.6. The number of amides is 3. The molecule has 66 heavy (non-hydrogen) atoms. The zero-order valence-electron chi connectivity index (χ0n) is 38.5. The largest absolute Gasteiger partial charge is 0.492 e. The number of hydrogen-bond acceptors (Lipinski definition) is 8. The highest BCUT2D eigenvalue weighted by Crippen LogP contribution is 2.53. The molecule has 3 amide bonds. The SMILES string of the molecule is CC1(CCN2CCC3(CC2)COc2c3ccc3c2CN([C@H]2CCC(=O)NC2=O)C3=O)CCCC(N2CCC(c3ccc4c(c3)C3(CCCCC3)c3nc(=O)c5c(Cl)cccc5n3-4)CC2)CC1. The molecule has 2 unspecified atom stereocenters. The van der Waals surface area contributed by atoms with Crippen molar-refractivity contribution in [3.05, 3.63) is 97.5 Å². The lowest BCUT2D eigenvalue weighted by Crippen LogP contribution is -2.52. The number of fused-ring (bicyclic) bond motifs is 11.